The maximum absolute atomic E-state index is 5.78. The molecule has 0 fully saturated rings. The third-order valence-electron chi connectivity index (χ3n) is 1.29. The highest BCUT2D eigenvalue weighted by Crippen LogP contribution is 2.31. The summed E-state index contributed by atoms with van der Waals surface area (Å²) in [4.78, 5) is 4.62. The molecule has 1 N–H and O–H groups in total. The molecule has 72 valence electrons. The van der Waals surface area contributed by atoms with Gasteiger partial charge in [-0.25, -0.2) is 4.98 Å². The van der Waals surface area contributed by atoms with Gasteiger partial charge in [0.2, 0.25) is 0 Å². The number of halogens is 2. The van der Waals surface area contributed by atoms with E-state index in [-0.39, 0.29) is 0 Å². The first kappa shape index (κ1) is 11.2. The van der Waals surface area contributed by atoms with E-state index in [1.165, 1.54) is 11.3 Å². The van der Waals surface area contributed by atoms with Gasteiger partial charge in [0, 0.05) is 0 Å². The molecule has 2 nitrogen and oxygen atoms in total. The van der Waals surface area contributed by atoms with Gasteiger partial charge in [-0.1, -0.05) is 53.7 Å². The number of rotatable bonds is 3. The maximum atomic E-state index is 5.78. The zero-order valence-corrected chi connectivity index (χ0v) is 10.1. The molecule has 0 bridgehead atoms. The minimum Gasteiger partial charge on any atom is -0.339 e. The lowest BCUT2D eigenvalue weighted by Gasteiger charge is -2.02. The number of aromatic nitrogens is 1. The standard InChI is InChI=1S/C7H8Cl2N2S2/c1-2-3-4(12)10-6-5(8)11-7(9)13-6/h2-3H2,1H3,(H,10,12). The van der Waals surface area contributed by atoms with Crippen LogP contribution in [0.15, 0.2) is 0 Å². The van der Waals surface area contributed by atoms with Gasteiger partial charge in [-0.15, -0.1) is 0 Å². The van der Waals surface area contributed by atoms with Gasteiger partial charge in [0.05, 0.1) is 4.99 Å². The Labute approximate surface area is 96.3 Å². The van der Waals surface area contributed by atoms with Crippen molar-refractivity contribution in [1.82, 2.24) is 4.98 Å². The van der Waals surface area contributed by atoms with Crippen molar-refractivity contribution in [3.05, 3.63) is 9.62 Å². The molecule has 0 saturated carbocycles. The Hall–Kier alpha value is 0.1000. The molecule has 0 atom stereocenters. The van der Waals surface area contributed by atoms with Gasteiger partial charge in [0.25, 0.3) is 0 Å². The summed E-state index contributed by atoms with van der Waals surface area (Å²) < 4.78 is 0.423. The number of thiazole rings is 1. The molecule has 0 aliphatic carbocycles. The molecule has 0 aliphatic rings. The summed E-state index contributed by atoms with van der Waals surface area (Å²) >= 11 is 17.8. The monoisotopic (exact) mass is 254 g/mol. The minimum atomic E-state index is 0.383. The summed E-state index contributed by atoms with van der Waals surface area (Å²) in [6.45, 7) is 2.06. The number of hydrogen-bond donors (Lipinski definition) is 1. The maximum Gasteiger partial charge on any atom is 0.187 e. The van der Waals surface area contributed by atoms with Crippen molar-refractivity contribution >= 4 is 56.7 Å². The van der Waals surface area contributed by atoms with Gasteiger partial charge in [0.15, 0.2) is 9.62 Å². The lowest BCUT2D eigenvalue weighted by atomic mass is 10.3. The summed E-state index contributed by atoms with van der Waals surface area (Å²) in [5, 5.41) is 4.11. The summed E-state index contributed by atoms with van der Waals surface area (Å²) in [5.41, 5.74) is 0. The number of anilines is 1. The molecule has 1 aromatic heterocycles. The fourth-order valence-corrected chi connectivity index (χ4v) is 2.41. The van der Waals surface area contributed by atoms with E-state index in [0.717, 1.165) is 22.8 Å². The van der Waals surface area contributed by atoms with Gasteiger partial charge in [-0.2, -0.15) is 0 Å². The van der Waals surface area contributed by atoms with Gasteiger partial charge in [-0.3, -0.25) is 0 Å². The minimum absolute atomic E-state index is 0.383. The van der Waals surface area contributed by atoms with Gasteiger partial charge >= 0.3 is 0 Å². The largest absolute Gasteiger partial charge is 0.339 e. The van der Waals surface area contributed by atoms with Crippen LogP contribution < -0.4 is 5.32 Å². The molecule has 1 rings (SSSR count). The zero-order chi connectivity index (χ0) is 9.84. The van der Waals surface area contributed by atoms with Crippen LogP contribution in [-0.2, 0) is 0 Å². The van der Waals surface area contributed by atoms with E-state index in [0.29, 0.717) is 9.62 Å². The Morgan fingerprint density at radius 2 is 2.31 bits per heavy atom. The third kappa shape index (κ3) is 3.38. The Balaban J connectivity index is 2.63. The lowest BCUT2D eigenvalue weighted by molar-refractivity contribution is 1.00. The lowest BCUT2D eigenvalue weighted by Crippen LogP contribution is -2.06. The van der Waals surface area contributed by atoms with E-state index in [9.17, 15) is 0 Å². The Morgan fingerprint density at radius 1 is 1.62 bits per heavy atom. The zero-order valence-electron chi connectivity index (χ0n) is 6.93. The summed E-state index contributed by atoms with van der Waals surface area (Å²) in [7, 11) is 0. The van der Waals surface area contributed by atoms with Crippen LogP contribution in [0.1, 0.15) is 19.8 Å². The smallest absolute Gasteiger partial charge is 0.187 e. The Bertz CT molecular complexity index is 311. The van der Waals surface area contributed by atoms with Crippen LogP contribution in [0.25, 0.3) is 0 Å². The number of thiocarbonyl (C=S) groups is 1. The van der Waals surface area contributed by atoms with Crippen LogP contribution in [0.4, 0.5) is 5.00 Å². The second-order valence-electron chi connectivity index (χ2n) is 2.38. The van der Waals surface area contributed by atoms with Crippen LogP contribution in [0, 0.1) is 0 Å². The van der Waals surface area contributed by atoms with E-state index in [1.54, 1.807) is 0 Å². The summed E-state index contributed by atoms with van der Waals surface area (Å²) in [6, 6.07) is 0. The van der Waals surface area contributed by atoms with Crippen molar-refractivity contribution in [3.8, 4) is 0 Å². The van der Waals surface area contributed by atoms with Crippen molar-refractivity contribution in [2.75, 3.05) is 5.32 Å². The second kappa shape index (κ2) is 5.10. The molecule has 0 unspecified atom stereocenters. The molecule has 0 spiro atoms. The van der Waals surface area contributed by atoms with E-state index in [4.69, 9.17) is 35.4 Å². The average Bonchev–Trinajstić information content (AvgIpc) is 2.30. The fraction of sp³-hybridized carbons (Fsp3) is 0.429. The predicted molar refractivity (Wildman–Crippen MR) is 63.3 cm³/mol. The molecular weight excluding hydrogens is 247 g/mol. The molecule has 1 heterocycles. The van der Waals surface area contributed by atoms with Crippen molar-refractivity contribution < 1.29 is 0 Å². The highest BCUT2D eigenvalue weighted by atomic mass is 35.5. The number of hydrogen-bond acceptors (Lipinski definition) is 3. The predicted octanol–water partition coefficient (Wildman–Crippen LogP) is 3.99. The highest BCUT2D eigenvalue weighted by Gasteiger charge is 2.08. The van der Waals surface area contributed by atoms with E-state index in [1.807, 2.05) is 0 Å². The molecule has 13 heavy (non-hydrogen) atoms. The van der Waals surface area contributed by atoms with E-state index >= 15 is 0 Å². The quantitative estimate of drug-likeness (QED) is 0.826. The van der Waals surface area contributed by atoms with E-state index in [2.05, 4.69) is 17.2 Å². The van der Waals surface area contributed by atoms with Crippen LogP contribution >= 0.6 is 46.8 Å². The molecule has 0 aliphatic heterocycles. The SMILES string of the molecule is CCCC(=S)Nc1sc(Cl)nc1Cl. The van der Waals surface area contributed by atoms with Crippen LogP contribution in [0.2, 0.25) is 9.62 Å². The number of nitrogens with one attached hydrogen (secondary N) is 1. The highest BCUT2D eigenvalue weighted by molar-refractivity contribution is 7.80. The van der Waals surface area contributed by atoms with Crippen molar-refractivity contribution in [1.29, 1.82) is 0 Å². The Kier molecular flexibility index (Phi) is 4.38. The fourth-order valence-electron chi connectivity index (χ4n) is 0.770. The summed E-state index contributed by atoms with van der Waals surface area (Å²) in [6.07, 6.45) is 1.86. The Morgan fingerprint density at radius 3 is 2.77 bits per heavy atom. The van der Waals surface area contributed by atoms with Gasteiger partial charge in [0.1, 0.15) is 5.00 Å². The van der Waals surface area contributed by atoms with Crippen molar-refractivity contribution in [3.63, 3.8) is 0 Å². The van der Waals surface area contributed by atoms with Gasteiger partial charge in [-0.05, 0) is 12.8 Å². The second-order valence-corrected chi connectivity index (χ2v) is 4.82. The van der Waals surface area contributed by atoms with Crippen LogP contribution in [0.5, 0.6) is 0 Å². The van der Waals surface area contributed by atoms with Crippen molar-refractivity contribution in [2.24, 2.45) is 0 Å². The molecule has 1 aromatic rings. The van der Waals surface area contributed by atoms with Gasteiger partial charge < -0.3 is 5.32 Å². The topological polar surface area (TPSA) is 24.9 Å². The van der Waals surface area contributed by atoms with Crippen LogP contribution in [0.3, 0.4) is 0 Å². The molecule has 0 radical (unpaired) electrons. The van der Waals surface area contributed by atoms with E-state index < -0.39 is 0 Å². The first-order chi connectivity index (χ1) is 6.13. The molecule has 0 amide bonds. The average molecular weight is 255 g/mol. The van der Waals surface area contributed by atoms with Crippen molar-refractivity contribution in [2.45, 2.75) is 19.8 Å². The normalized spacial score (nSPS) is 10.1. The molecular formula is C7H8Cl2N2S2. The first-order valence-electron chi connectivity index (χ1n) is 3.75. The molecule has 6 heteroatoms. The number of nitrogens with zero attached hydrogens (tertiary/aromatic N) is 1. The summed E-state index contributed by atoms with van der Waals surface area (Å²) in [5.74, 6) is 0. The first-order valence-corrected chi connectivity index (χ1v) is 5.73. The van der Waals surface area contributed by atoms with Crippen LogP contribution in [-0.4, -0.2) is 9.97 Å². The third-order valence-corrected chi connectivity index (χ3v) is 3.06. The molecule has 0 saturated heterocycles. The molecule has 0 aromatic carbocycles.